The molecule has 0 spiro atoms. The number of nitrogens with zero attached hydrogens (tertiary/aromatic N) is 1. The lowest BCUT2D eigenvalue weighted by molar-refractivity contribution is 0.0687. The molecule has 7 nitrogen and oxygen atoms in total. The first-order valence-electron chi connectivity index (χ1n) is 6.66. The first-order valence-corrected chi connectivity index (χ1v) is 7.42. The second kappa shape index (κ2) is 5.82. The molecular weight excluding hydrogens is 347 g/mol. The number of rotatable bonds is 4. The van der Waals surface area contributed by atoms with Crippen molar-refractivity contribution < 1.29 is 24.2 Å². The zero-order valence-electron chi connectivity index (χ0n) is 11.9. The van der Waals surface area contributed by atoms with Gasteiger partial charge >= 0.3 is 12.1 Å². The highest BCUT2D eigenvalue weighted by molar-refractivity contribution is 6.46. The number of cyclic esters (lactones) is 1. The van der Waals surface area contributed by atoms with Crippen molar-refractivity contribution >= 4 is 46.2 Å². The molecule has 122 valence electrons. The second-order valence-corrected chi connectivity index (χ2v) is 5.80. The van der Waals surface area contributed by atoms with Crippen molar-refractivity contribution in [2.45, 2.75) is 6.10 Å². The van der Waals surface area contributed by atoms with Crippen LogP contribution >= 0.6 is 23.2 Å². The van der Waals surface area contributed by atoms with Crippen LogP contribution in [0.25, 0.3) is 10.9 Å². The number of carbonyl (C=O) groups excluding carboxylic acids is 1. The van der Waals surface area contributed by atoms with Crippen LogP contribution in [-0.4, -0.2) is 41.0 Å². The Morgan fingerprint density at radius 1 is 1.48 bits per heavy atom. The van der Waals surface area contributed by atoms with E-state index in [9.17, 15) is 14.7 Å². The quantitative estimate of drug-likeness (QED) is 0.876. The summed E-state index contributed by atoms with van der Waals surface area (Å²) >= 11 is 12.4. The summed E-state index contributed by atoms with van der Waals surface area (Å²) in [6.07, 6.45) is -0.914. The van der Waals surface area contributed by atoms with E-state index < -0.39 is 18.2 Å². The molecule has 1 aromatic carbocycles. The number of aromatic nitrogens is 1. The molecule has 1 fully saturated rings. The minimum Gasteiger partial charge on any atom is -0.488 e. The monoisotopic (exact) mass is 358 g/mol. The van der Waals surface area contributed by atoms with E-state index >= 15 is 0 Å². The Balaban J connectivity index is 1.94. The number of amides is 1. The molecular formula is C14H12Cl2N2O5. The summed E-state index contributed by atoms with van der Waals surface area (Å²) < 4.78 is 12.0. The van der Waals surface area contributed by atoms with Crippen LogP contribution in [0.15, 0.2) is 12.1 Å². The van der Waals surface area contributed by atoms with E-state index in [1.54, 1.807) is 13.1 Å². The third-order valence-corrected chi connectivity index (χ3v) is 4.45. The van der Waals surface area contributed by atoms with E-state index in [2.05, 4.69) is 5.32 Å². The zero-order valence-corrected chi connectivity index (χ0v) is 13.4. The van der Waals surface area contributed by atoms with Crippen molar-refractivity contribution in [2.75, 3.05) is 13.2 Å². The third kappa shape index (κ3) is 2.77. The number of carboxylic acid groups (broad SMARTS) is 1. The largest absolute Gasteiger partial charge is 0.488 e. The molecule has 1 saturated heterocycles. The van der Waals surface area contributed by atoms with Gasteiger partial charge in [-0.3, -0.25) is 0 Å². The fourth-order valence-corrected chi connectivity index (χ4v) is 2.86. The lowest BCUT2D eigenvalue weighted by Crippen LogP contribution is -2.22. The molecule has 1 unspecified atom stereocenters. The van der Waals surface area contributed by atoms with Crippen LogP contribution in [0.1, 0.15) is 10.5 Å². The molecule has 1 amide bonds. The van der Waals surface area contributed by atoms with Crippen molar-refractivity contribution in [3.05, 3.63) is 27.9 Å². The van der Waals surface area contributed by atoms with E-state index in [0.717, 1.165) is 0 Å². The summed E-state index contributed by atoms with van der Waals surface area (Å²) in [5.41, 5.74) is 0.664. The number of alkyl carbamates (subject to hydrolysis) is 1. The number of halogens is 2. The smallest absolute Gasteiger partial charge is 0.407 e. The normalized spacial score (nSPS) is 17.2. The van der Waals surface area contributed by atoms with Gasteiger partial charge in [-0.1, -0.05) is 23.2 Å². The number of carbonyl (C=O) groups is 2. The maximum absolute atomic E-state index is 11.2. The van der Waals surface area contributed by atoms with E-state index in [-0.39, 0.29) is 22.3 Å². The summed E-state index contributed by atoms with van der Waals surface area (Å²) in [5, 5.41) is 12.6. The maximum atomic E-state index is 11.2. The molecule has 0 radical (unpaired) electrons. The van der Waals surface area contributed by atoms with Gasteiger partial charge in [-0.2, -0.15) is 0 Å². The molecule has 1 aromatic heterocycles. The fourth-order valence-electron chi connectivity index (χ4n) is 2.40. The van der Waals surface area contributed by atoms with Gasteiger partial charge in [0.05, 0.1) is 17.1 Å². The molecule has 0 saturated carbocycles. The SMILES string of the molecule is Cn1c(C(=O)O)cc2c(Cl)c(Cl)c(OCC3CNC(=O)O3)cc21. The minimum absolute atomic E-state index is 0.0871. The van der Waals surface area contributed by atoms with Crippen LogP contribution in [0, 0.1) is 0 Å². The number of fused-ring (bicyclic) bond motifs is 1. The molecule has 2 N–H and O–H groups in total. The summed E-state index contributed by atoms with van der Waals surface area (Å²) in [5.74, 6) is -0.771. The van der Waals surface area contributed by atoms with Gasteiger partial charge in [0.1, 0.15) is 23.1 Å². The van der Waals surface area contributed by atoms with Gasteiger partial charge in [0.15, 0.2) is 6.10 Å². The molecule has 1 atom stereocenters. The highest BCUT2D eigenvalue weighted by atomic mass is 35.5. The third-order valence-electron chi connectivity index (χ3n) is 3.58. The van der Waals surface area contributed by atoms with Gasteiger partial charge < -0.3 is 24.5 Å². The van der Waals surface area contributed by atoms with Crippen molar-refractivity contribution in [1.29, 1.82) is 0 Å². The topological polar surface area (TPSA) is 89.8 Å². The average Bonchev–Trinajstić information content (AvgIpc) is 3.05. The lowest BCUT2D eigenvalue weighted by atomic mass is 10.2. The second-order valence-electron chi connectivity index (χ2n) is 5.05. The van der Waals surface area contributed by atoms with Crippen LogP contribution in [0.3, 0.4) is 0 Å². The summed E-state index contributed by atoms with van der Waals surface area (Å²) in [6.45, 7) is 0.455. The number of carboxylic acids is 1. The first kappa shape index (κ1) is 15.8. The Morgan fingerprint density at radius 3 is 2.83 bits per heavy atom. The number of ether oxygens (including phenoxy) is 2. The van der Waals surface area contributed by atoms with E-state index in [1.165, 1.54) is 10.6 Å². The van der Waals surface area contributed by atoms with Gasteiger partial charge in [0.25, 0.3) is 0 Å². The zero-order chi connectivity index (χ0) is 16.7. The summed E-state index contributed by atoms with van der Waals surface area (Å²) in [6, 6.07) is 3.07. The van der Waals surface area contributed by atoms with Gasteiger partial charge in [-0.25, -0.2) is 9.59 Å². The fraction of sp³-hybridized carbons (Fsp3) is 0.286. The molecule has 3 rings (SSSR count). The van der Waals surface area contributed by atoms with Crippen LogP contribution < -0.4 is 10.1 Å². The van der Waals surface area contributed by atoms with Gasteiger partial charge in [-0.15, -0.1) is 0 Å². The first-order chi connectivity index (χ1) is 10.9. The van der Waals surface area contributed by atoms with E-state index in [1.807, 2.05) is 0 Å². The van der Waals surface area contributed by atoms with E-state index in [0.29, 0.717) is 23.2 Å². The highest BCUT2D eigenvalue weighted by Crippen LogP contribution is 2.39. The van der Waals surface area contributed by atoms with E-state index in [4.69, 9.17) is 32.7 Å². The number of hydrogen-bond acceptors (Lipinski definition) is 4. The number of benzene rings is 1. The van der Waals surface area contributed by atoms with Crippen molar-refractivity contribution in [1.82, 2.24) is 9.88 Å². The lowest BCUT2D eigenvalue weighted by Gasteiger charge is -2.13. The Hall–Kier alpha value is -2.12. The number of aromatic carboxylic acids is 1. The standard InChI is InChI=1S/C14H12Cl2N2O5/c1-18-8-3-10(22-5-6-4-17-14(21)23-6)12(16)11(15)7(8)2-9(18)13(19)20/h2-3,6H,4-5H2,1H3,(H,17,21)(H,19,20). The number of hydrogen-bond donors (Lipinski definition) is 2. The summed E-state index contributed by atoms with van der Waals surface area (Å²) in [4.78, 5) is 22.2. The van der Waals surface area contributed by atoms with Crippen molar-refractivity contribution in [2.24, 2.45) is 7.05 Å². The van der Waals surface area contributed by atoms with Crippen LogP contribution in [0.4, 0.5) is 4.79 Å². The van der Waals surface area contributed by atoms with Gasteiger partial charge in [0.2, 0.25) is 0 Å². The molecule has 2 heterocycles. The molecule has 0 aliphatic carbocycles. The van der Waals surface area contributed by atoms with Crippen molar-refractivity contribution in [3.8, 4) is 5.75 Å². The van der Waals surface area contributed by atoms with Crippen LogP contribution in [0.2, 0.25) is 10.0 Å². The number of aryl methyl sites for hydroxylation is 1. The predicted molar refractivity (Wildman–Crippen MR) is 83.7 cm³/mol. The Morgan fingerprint density at radius 2 is 2.22 bits per heavy atom. The molecule has 1 aliphatic rings. The molecule has 9 heteroatoms. The maximum Gasteiger partial charge on any atom is 0.407 e. The molecule has 2 aromatic rings. The highest BCUT2D eigenvalue weighted by Gasteiger charge is 2.24. The van der Waals surface area contributed by atoms with Crippen LogP contribution in [0.5, 0.6) is 5.75 Å². The Bertz CT molecular complexity index is 817. The average molecular weight is 359 g/mol. The van der Waals surface area contributed by atoms with Gasteiger partial charge in [-0.05, 0) is 6.07 Å². The minimum atomic E-state index is -1.07. The predicted octanol–water partition coefficient (Wildman–Crippen LogP) is 2.67. The van der Waals surface area contributed by atoms with Gasteiger partial charge in [0, 0.05) is 18.5 Å². The summed E-state index contributed by atoms with van der Waals surface area (Å²) in [7, 11) is 1.61. The van der Waals surface area contributed by atoms with Crippen LogP contribution in [-0.2, 0) is 11.8 Å². The number of nitrogens with one attached hydrogen (secondary N) is 1. The Kier molecular flexibility index (Phi) is 3.99. The molecule has 1 aliphatic heterocycles. The van der Waals surface area contributed by atoms with Crippen molar-refractivity contribution in [3.63, 3.8) is 0 Å². The Labute approximate surface area is 140 Å². The molecule has 0 bridgehead atoms. The molecule has 23 heavy (non-hydrogen) atoms.